The molecule has 1 atom stereocenters. The minimum Gasteiger partial charge on any atom is -0.362 e. The molecule has 0 bridgehead atoms. The molecule has 0 spiro atoms. The summed E-state index contributed by atoms with van der Waals surface area (Å²) in [5, 5.41) is 8.30. The molecular weight excluding hydrogens is 122 g/mol. The molecule has 1 heterocycles. The van der Waals surface area contributed by atoms with Gasteiger partial charge in [-0.15, -0.1) is 0 Å². The summed E-state index contributed by atoms with van der Waals surface area (Å²) in [5.41, 5.74) is 0. The first-order valence-electron chi connectivity index (χ1n) is 2.52. The summed E-state index contributed by atoms with van der Waals surface area (Å²) in [7, 11) is 0. The highest BCUT2D eigenvalue weighted by molar-refractivity contribution is 7.99. The molecule has 0 unspecified atom stereocenters. The van der Waals surface area contributed by atoms with Gasteiger partial charge in [-0.1, -0.05) is 0 Å². The van der Waals surface area contributed by atoms with E-state index in [0.29, 0.717) is 0 Å². The number of thioether (sulfide) groups is 1. The second kappa shape index (κ2) is 2.95. The molecule has 0 aromatic heterocycles. The van der Waals surface area contributed by atoms with Gasteiger partial charge in [0.1, 0.15) is 0 Å². The molecule has 1 aliphatic heterocycles. The molecule has 1 aliphatic rings. The van der Waals surface area contributed by atoms with Crippen LogP contribution in [0.4, 0.5) is 0 Å². The maximum atomic E-state index is 8.30. The Morgan fingerprint density at radius 2 is 2.62 bits per heavy atom. The summed E-state index contributed by atoms with van der Waals surface area (Å²) >= 11 is 1.78. The van der Waals surface area contributed by atoms with E-state index in [1.54, 1.807) is 11.8 Å². The Hall–Kier alpha value is -0.200. The molecule has 0 aromatic carbocycles. The zero-order chi connectivity index (χ0) is 5.82. The number of nitrogens with zero attached hydrogens (tertiary/aromatic N) is 1. The van der Waals surface area contributed by atoms with E-state index in [-0.39, 0.29) is 6.10 Å². The average Bonchev–Trinajstić information content (AvgIpc) is 1.90. The second-order valence-corrected chi connectivity index (χ2v) is 2.71. The van der Waals surface area contributed by atoms with Gasteiger partial charge < -0.3 is 4.74 Å². The third-order valence-electron chi connectivity index (χ3n) is 0.960. The monoisotopic (exact) mass is 129 g/mol. The first-order valence-corrected chi connectivity index (χ1v) is 3.68. The zero-order valence-electron chi connectivity index (χ0n) is 4.46. The van der Waals surface area contributed by atoms with E-state index in [2.05, 4.69) is 6.07 Å². The van der Waals surface area contributed by atoms with Gasteiger partial charge in [-0.3, -0.25) is 0 Å². The summed E-state index contributed by atoms with van der Waals surface area (Å²) in [6.07, 6.45) is -0.145. The van der Waals surface area contributed by atoms with E-state index in [9.17, 15) is 0 Å². The molecule has 0 amide bonds. The van der Waals surface area contributed by atoms with Crippen LogP contribution in [0.1, 0.15) is 0 Å². The Bertz CT molecular complexity index is 103. The van der Waals surface area contributed by atoms with Crippen LogP contribution in [0.3, 0.4) is 0 Å². The first-order chi connectivity index (χ1) is 3.93. The van der Waals surface area contributed by atoms with Crippen molar-refractivity contribution in [3.8, 4) is 6.07 Å². The maximum Gasteiger partial charge on any atom is 0.152 e. The van der Waals surface area contributed by atoms with Gasteiger partial charge in [-0.2, -0.15) is 17.0 Å². The van der Waals surface area contributed by atoms with Gasteiger partial charge in [-0.25, -0.2) is 0 Å². The van der Waals surface area contributed by atoms with Crippen LogP contribution in [0.15, 0.2) is 0 Å². The van der Waals surface area contributed by atoms with Crippen molar-refractivity contribution in [2.75, 3.05) is 18.1 Å². The van der Waals surface area contributed by atoms with Crippen molar-refractivity contribution in [1.82, 2.24) is 0 Å². The highest BCUT2D eigenvalue weighted by Gasteiger charge is 2.11. The van der Waals surface area contributed by atoms with Gasteiger partial charge in [0.05, 0.1) is 12.7 Å². The van der Waals surface area contributed by atoms with Crippen LogP contribution in [0.25, 0.3) is 0 Å². The minimum atomic E-state index is -0.145. The Kier molecular flexibility index (Phi) is 2.19. The number of ether oxygens (including phenoxy) is 1. The smallest absolute Gasteiger partial charge is 0.152 e. The minimum absolute atomic E-state index is 0.145. The van der Waals surface area contributed by atoms with Gasteiger partial charge >= 0.3 is 0 Å². The van der Waals surface area contributed by atoms with Crippen LogP contribution in [0.5, 0.6) is 0 Å². The fraction of sp³-hybridized carbons (Fsp3) is 0.800. The largest absolute Gasteiger partial charge is 0.362 e. The predicted octanol–water partition coefficient (Wildman–Crippen LogP) is 0.642. The van der Waals surface area contributed by atoms with E-state index in [4.69, 9.17) is 10.00 Å². The lowest BCUT2D eigenvalue weighted by Crippen LogP contribution is -2.20. The molecule has 1 rings (SSSR count). The van der Waals surface area contributed by atoms with Crippen molar-refractivity contribution < 1.29 is 4.74 Å². The number of hydrogen-bond donors (Lipinski definition) is 0. The molecule has 8 heavy (non-hydrogen) atoms. The van der Waals surface area contributed by atoms with Gasteiger partial charge in [0.25, 0.3) is 0 Å². The molecule has 1 saturated heterocycles. The molecule has 0 aromatic rings. The molecule has 44 valence electrons. The second-order valence-electron chi connectivity index (χ2n) is 1.56. The normalized spacial score (nSPS) is 29.1. The van der Waals surface area contributed by atoms with Crippen molar-refractivity contribution in [3.05, 3.63) is 0 Å². The van der Waals surface area contributed by atoms with E-state index in [1.165, 1.54) is 0 Å². The van der Waals surface area contributed by atoms with Crippen LogP contribution >= 0.6 is 11.8 Å². The van der Waals surface area contributed by atoms with Crippen LogP contribution in [0, 0.1) is 11.3 Å². The molecule has 2 nitrogen and oxygen atoms in total. The number of rotatable bonds is 0. The lowest BCUT2D eigenvalue weighted by Gasteiger charge is -2.14. The molecule has 3 heteroatoms. The maximum absolute atomic E-state index is 8.30. The first kappa shape index (κ1) is 5.93. The fourth-order valence-electron chi connectivity index (χ4n) is 0.562. The zero-order valence-corrected chi connectivity index (χ0v) is 5.28. The number of hydrogen-bond acceptors (Lipinski definition) is 3. The van der Waals surface area contributed by atoms with Gasteiger partial charge in [-0.05, 0) is 0 Å². The number of nitriles is 1. The van der Waals surface area contributed by atoms with Gasteiger partial charge in [0, 0.05) is 11.5 Å². The Labute approximate surface area is 52.8 Å². The Balaban J connectivity index is 2.25. The van der Waals surface area contributed by atoms with Crippen molar-refractivity contribution in [1.29, 1.82) is 5.26 Å². The molecule has 1 fully saturated rings. The van der Waals surface area contributed by atoms with Crippen molar-refractivity contribution >= 4 is 11.8 Å². The summed E-state index contributed by atoms with van der Waals surface area (Å²) in [4.78, 5) is 0. The van der Waals surface area contributed by atoms with Crippen molar-refractivity contribution in [2.24, 2.45) is 0 Å². The van der Waals surface area contributed by atoms with Gasteiger partial charge in [0.2, 0.25) is 0 Å². The lowest BCUT2D eigenvalue weighted by molar-refractivity contribution is 0.113. The average molecular weight is 129 g/mol. The van der Waals surface area contributed by atoms with Crippen LogP contribution in [0.2, 0.25) is 0 Å². The molecular formula is C5H7NOS. The van der Waals surface area contributed by atoms with E-state index in [1.807, 2.05) is 0 Å². The highest BCUT2D eigenvalue weighted by Crippen LogP contribution is 2.10. The molecule has 0 N–H and O–H groups in total. The fourth-order valence-corrected chi connectivity index (χ4v) is 1.33. The Morgan fingerprint density at radius 3 is 3.00 bits per heavy atom. The lowest BCUT2D eigenvalue weighted by atomic mass is 10.4. The van der Waals surface area contributed by atoms with Crippen LogP contribution in [-0.4, -0.2) is 24.2 Å². The van der Waals surface area contributed by atoms with E-state index < -0.39 is 0 Å². The van der Waals surface area contributed by atoms with Crippen LogP contribution < -0.4 is 0 Å². The standard InChI is InChI=1S/C5H7NOS/c6-3-5-4-8-2-1-7-5/h5H,1-2,4H2/t5-/m1/s1. The topological polar surface area (TPSA) is 33.0 Å². The van der Waals surface area contributed by atoms with Crippen molar-refractivity contribution in [2.45, 2.75) is 6.10 Å². The quantitative estimate of drug-likeness (QED) is 0.481. The third kappa shape index (κ3) is 1.39. The van der Waals surface area contributed by atoms with E-state index in [0.717, 1.165) is 18.1 Å². The molecule has 0 radical (unpaired) electrons. The third-order valence-corrected chi connectivity index (χ3v) is 1.95. The summed E-state index contributed by atoms with van der Waals surface area (Å²) in [6, 6.07) is 2.06. The molecule has 0 saturated carbocycles. The SMILES string of the molecule is N#C[C@@H]1CSCCO1. The summed E-state index contributed by atoms with van der Waals surface area (Å²) < 4.78 is 5.05. The van der Waals surface area contributed by atoms with Crippen molar-refractivity contribution in [3.63, 3.8) is 0 Å². The Morgan fingerprint density at radius 1 is 1.75 bits per heavy atom. The molecule has 0 aliphatic carbocycles. The summed E-state index contributed by atoms with van der Waals surface area (Å²) in [6.45, 7) is 0.739. The van der Waals surface area contributed by atoms with E-state index >= 15 is 0 Å². The summed E-state index contributed by atoms with van der Waals surface area (Å²) in [5.74, 6) is 1.88. The van der Waals surface area contributed by atoms with Crippen LogP contribution in [-0.2, 0) is 4.74 Å². The van der Waals surface area contributed by atoms with Gasteiger partial charge in [0.15, 0.2) is 6.10 Å². The highest BCUT2D eigenvalue weighted by atomic mass is 32.2. The predicted molar refractivity (Wildman–Crippen MR) is 32.7 cm³/mol.